The molecule has 0 aromatic carbocycles. The maximum atomic E-state index is 9.92. The van der Waals surface area contributed by atoms with E-state index in [0.29, 0.717) is 18.7 Å². The predicted molar refractivity (Wildman–Crippen MR) is 59.8 cm³/mol. The van der Waals surface area contributed by atoms with E-state index >= 15 is 0 Å². The van der Waals surface area contributed by atoms with Gasteiger partial charge in [0.2, 0.25) is 0 Å². The van der Waals surface area contributed by atoms with Crippen LogP contribution in [0, 0.1) is 5.92 Å². The SMILES string of the molecule is CCC(C)(O)CNC1CCOC1C1CC1. The highest BCUT2D eigenvalue weighted by molar-refractivity contribution is 4.94. The molecule has 3 unspecified atom stereocenters. The summed E-state index contributed by atoms with van der Waals surface area (Å²) in [6.07, 6.45) is 4.96. The molecule has 0 aromatic rings. The first kappa shape index (κ1) is 11.4. The molecule has 88 valence electrons. The molecule has 0 radical (unpaired) electrons. The maximum Gasteiger partial charge on any atom is 0.0756 e. The van der Waals surface area contributed by atoms with Crippen LogP contribution in [-0.4, -0.2) is 36.0 Å². The van der Waals surface area contributed by atoms with Crippen molar-refractivity contribution < 1.29 is 9.84 Å². The highest BCUT2D eigenvalue weighted by Gasteiger charge is 2.40. The lowest BCUT2D eigenvalue weighted by Crippen LogP contribution is -2.45. The van der Waals surface area contributed by atoms with Crippen LogP contribution in [0.3, 0.4) is 0 Å². The third kappa shape index (κ3) is 2.92. The molecule has 2 rings (SSSR count). The minimum Gasteiger partial charge on any atom is -0.389 e. The largest absolute Gasteiger partial charge is 0.389 e. The molecule has 0 aromatic heterocycles. The standard InChI is InChI=1S/C12H23NO2/c1-3-12(2,14)8-13-10-6-7-15-11(10)9-4-5-9/h9-11,13-14H,3-8H2,1-2H3. The zero-order chi connectivity index (χ0) is 10.9. The Balaban J connectivity index is 1.78. The van der Waals surface area contributed by atoms with E-state index in [0.717, 1.165) is 25.4 Å². The quantitative estimate of drug-likeness (QED) is 0.723. The van der Waals surface area contributed by atoms with Crippen LogP contribution >= 0.6 is 0 Å². The van der Waals surface area contributed by atoms with Crippen LogP contribution in [0.1, 0.15) is 39.5 Å². The van der Waals surface area contributed by atoms with E-state index in [1.807, 2.05) is 13.8 Å². The van der Waals surface area contributed by atoms with Crippen molar-refractivity contribution in [1.29, 1.82) is 0 Å². The fourth-order valence-corrected chi connectivity index (χ4v) is 2.20. The Bertz CT molecular complexity index is 214. The fourth-order valence-electron chi connectivity index (χ4n) is 2.20. The third-order valence-corrected chi connectivity index (χ3v) is 3.73. The van der Waals surface area contributed by atoms with Crippen LogP contribution in [0.5, 0.6) is 0 Å². The summed E-state index contributed by atoms with van der Waals surface area (Å²) in [6.45, 7) is 5.47. The van der Waals surface area contributed by atoms with Crippen LogP contribution in [-0.2, 0) is 4.74 Å². The van der Waals surface area contributed by atoms with Crippen molar-refractivity contribution in [2.24, 2.45) is 5.92 Å². The molecule has 0 bridgehead atoms. The zero-order valence-corrected chi connectivity index (χ0v) is 9.83. The number of hydrogen-bond donors (Lipinski definition) is 2. The van der Waals surface area contributed by atoms with Gasteiger partial charge < -0.3 is 15.2 Å². The van der Waals surface area contributed by atoms with Crippen molar-refractivity contribution >= 4 is 0 Å². The van der Waals surface area contributed by atoms with Crippen LogP contribution in [0.2, 0.25) is 0 Å². The van der Waals surface area contributed by atoms with Gasteiger partial charge in [-0.05, 0) is 38.5 Å². The summed E-state index contributed by atoms with van der Waals surface area (Å²) < 4.78 is 5.74. The third-order valence-electron chi connectivity index (χ3n) is 3.73. The van der Waals surface area contributed by atoms with Gasteiger partial charge in [-0.2, -0.15) is 0 Å². The van der Waals surface area contributed by atoms with Crippen molar-refractivity contribution in [1.82, 2.24) is 5.32 Å². The van der Waals surface area contributed by atoms with Gasteiger partial charge in [0.15, 0.2) is 0 Å². The summed E-state index contributed by atoms with van der Waals surface area (Å²) in [7, 11) is 0. The lowest BCUT2D eigenvalue weighted by atomic mass is 10.0. The van der Waals surface area contributed by atoms with Gasteiger partial charge in [-0.3, -0.25) is 0 Å². The molecular formula is C12H23NO2. The van der Waals surface area contributed by atoms with Gasteiger partial charge in [0.25, 0.3) is 0 Å². The number of hydrogen-bond acceptors (Lipinski definition) is 3. The Labute approximate surface area is 92.2 Å². The average molecular weight is 213 g/mol. The Kier molecular flexibility index (Phi) is 3.33. The zero-order valence-electron chi connectivity index (χ0n) is 9.83. The molecule has 2 fully saturated rings. The Morgan fingerprint density at radius 1 is 1.40 bits per heavy atom. The van der Waals surface area contributed by atoms with E-state index in [-0.39, 0.29) is 0 Å². The van der Waals surface area contributed by atoms with Gasteiger partial charge in [-0.15, -0.1) is 0 Å². The second kappa shape index (κ2) is 4.40. The van der Waals surface area contributed by atoms with Crippen LogP contribution in [0.4, 0.5) is 0 Å². The summed E-state index contributed by atoms with van der Waals surface area (Å²) in [5.74, 6) is 0.788. The molecule has 1 heterocycles. The van der Waals surface area contributed by atoms with E-state index in [9.17, 15) is 5.11 Å². The van der Waals surface area contributed by atoms with E-state index in [1.165, 1.54) is 12.8 Å². The number of aliphatic hydroxyl groups is 1. The molecule has 3 heteroatoms. The Morgan fingerprint density at radius 3 is 2.73 bits per heavy atom. The monoisotopic (exact) mass is 213 g/mol. The summed E-state index contributed by atoms with van der Waals surface area (Å²) >= 11 is 0. The predicted octanol–water partition coefficient (Wildman–Crippen LogP) is 1.30. The van der Waals surface area contributed by atoms with Gasteiger partial charge in [0.1, 0.15) is 0 Å². The molecule has 0 spiro atoms. The second-order valence-corrected chi connectivity index (χ2v) is 5.30. The van der Waals surface area contributed by atoms with E-state index < -0.39 is 5.60 Å². The topological polar surface area (TPSA) is 41.5 Å². The molecule has 0 amide bonds. The first-order valence-electron chi connectivity index (χ1n) is 6.20. The molecular weight excluding hydrogens is 190 g/mol. The van der Waals surface area contributed by atoms with Gasteiger partial charge in [0.05, 0.1) is 11.7 Å². The second-order valence-electron chi connectivity index (χ2n) is 5.30. The molecule has 2 aliphatic rings. The fraction of sp³-hybridized carbons (Fsp3) is 1.00. The van der Waals surface area contributed by atoms with Gasteiger partial charge >= 0.3 is 0 Å². The highest BCUT2D eigenvalue weighted by atomic mass is 16.5. The molecule has 1 saturated carbocycles. The lowest BCUT2D eigenvalue weighted by Gasteiger charge is -2.26. The molecule has 3 nitrogen and oxygen atoms in total. The number of ether oxygens (including phenoxy) is 1. The van der Waals surface area contributed by atoms with Crippen LogP contribution < -0.4 is 5.32 Å². The molecule has 15 heavy (non-hydrogen) atoms. The maximum absolute atomic E-state index is 9.92. The van der Waals surface area contributed by atoms with E-state index in [2.05, 4.69) is 5.32 Å². The summed E-state index contributed by atoms with van der Waals surface area (Å²) in [5, 5.41) is 13.4. The van der Waals surface area contributed by atoms with Crippen molar-refractivity contribution in [3.63, 3.8) is 0 Å². The minimum atomic E-state index is -0.573. The molecule has 1 saturated heterocycles. The Hall–Kier alpha value is -0.120. The van der Waals surface area contributed by atoms with Crippen molar-refractivity contribution in [3.8, 4) is 0 Å². The van der Waals surface area contributed by atoms with Crippen LogP contribution in [0.15, 0.2) is 0 Å². The van der Waals surface area contributed by atoms with Crippen molar-refractivity contribution in [2.75, 3.05) is 13.2 Å². The average Bonchev–Trinajstić information content (AvgIpc) is 2.95. The molecule has 1 aliphatic carbocycles. The lowest BCUT2D eigenvalue weighted by molar-refractivity contribution is 0.0420. The Morgan fingerprint density at radius 2 is 2.13 bits per heavy atom. The molecule has 1 aliphatic heterocycles. The molecule has 2 N–H and O–H groups in total. The number of rotatable bonds is 5. The summed E-state index contributed by atoms with van der Waals surface area (Å²) in [4.78, 5) is 0. The van der Waals surface area contributed by atoms with Gasteiger partial charge in [0, 0.05) is 19.2 Å². The minimum absolute atomic E-state index is 0.414. The van der Waals surface area contributed by atoms with Crippen LogP contribution in [0.25, 0.3) is 0 Å². The molecule has 3 atom stereocenters. The summed E-state index contributed by atoms with van der Waals surface area (Å²) in [5.41, 5.74) is -0.573. The smallest absolute Gasteiger partial charge is 0.0756 e. The number of nitrogens with one attached hydrogen (secondary N) is 1. The van der Waals surface area contributed by atoms with E-state index in [4.69, 9.17) is 4.74 Å². The van der Waals surface area contributed by atoms with Gasteiger partial charge in [-0.25, -0.2) is 0 Å². The van der Waals surface area contributed by atoms with Crippen molar-refractivity contribution in [3.05, 3.63) is 0 Å². The highest BCUT2D eigenvalue weighted by Crippen LogP contribution is 2.38. The van der Waals surface area contributed by atoms with Crippen molar-refractivity contribution in [2.45, 2.75) is 57.3 Å². The summed E-state index contributed by atoms with van der Waals surface area (Å²) in [6, 6.07) is 0.468. The normalized spacial score (nSPS) is 35.4. The first-order valence-corrected chi connectivity index (χ1v) is 6.20. The van der Waals surface area contributed by atoms with Gasteiger partial charge in [-0.1, -0.05) is 6.92 Å². The first-order chi connectivity index (χ1) is 7.12. The van der Waals surface area contributed by atoms with E-state index in [1.54, 1.807) is 0 Å².